The molecule has 0 radical (unpaired) electrons. The molecule has 1 N–H and O–H groups in total. The van der Waals surface area contributed by atoms with E-state index >= 15 is 0 Å². The van der Waals surface area contributed by atoms with Gasteiger partial charge in [-0.25, -0.2) is 8.42 Å². The van der Waals surface area contributed by atoms with E-state index in [0.29, 0.717) is 5.56 Å². The molecule has 3 aromatic rings. The van der Waals surface area contributed by atoms with Crippen LogP contribution in [-0.4, -0.2) is 66.5 Å². The Hall–Kier alpha value is -3.04. The lowest BCUT2D eigenvalue weighted by Gasteiger charge is -2.47. The number of sulfonamides is 1. The van der Waals surface area contributed by atoms with Gasteiger partial charge in [-0.2, -0.15) is 4.31 Å². The van der Waals surface area contributed by atoms with Crippen LogP contribution in [-0.2, 0) is 21.4 Å². The second-order valence-electron chi connectivity index (χ2n) is 8.73. The fourth-order valence-electron chi connectivity index (χ4n) is 4.46. The normalized spacial score (nSPS) is 23.1. The molecule has 184 valence electrons. The third-order valence-electron chi connectivity index (χ3n) is 6.50. The zero-order valence-corrected chi connectivity index (χ0v) is 20.6. The van der Waals surface area contributed by atoms with E-state index in [2.05, 4.69) is 0 Å². The number of aliphatic hydroxyl groups is 1. The topological polar surface area (TPSA) is 87.2 Å². The van der Waals surface area contributed by atoms with E-state index in [0.717, 1.165) is 5.56 Å². The zero-order chi connectivity index (χ0) is 25.0. The third-order valence-corrected chi connectivity index (χ3v) is 8.47. The molecule has 1 saturated heterocycles. The number of aliphatic hydroxyl groups excluding tert-OH is 1. The van der Waals surface area contributed by atoms with Crippen LogP contribution in [0.2, 0.25) is 0 Å². The Morgan fingerprint density at radius 2 is 1.51 bits per heavy atom. The van der Waals surface area contributed by atoms with Crippen molar-refractivity contribution < 1.29 is 23.1 Å². The van der Waals surface area contributed by atoms with Gasteiger partial charge in [0.05, 0.1) is 23.6 Å². The summed E-state index contributed by atoms with van der Waals surface area (Å²) in [5.41, 5.74) is 1.36. The fourth-order valence-corrected chi connectivity index (χ4v) is 6.14. The molecule has 4 rings (SSSR count). The Bertz CT molecular complexity index is 1220. The second kappa shape index (κ2) is 10.7. The Balaban J connectivity index is 1.67. The maximum absolute atomic E-state index is 13.6. The summed E-state index contributed by atoms with van der Waals surface area (Å²) in [6.07, 6.45) is -1.94. The van der Waals surface area contributed by atoms with Crippen LogP contribution in [0.15, 0.2) is 95.9 Å². The average Bonchev–Trinajstić information content (AvgIpc) is 2.89. The van der Waals surface area contributed by atoms with Gasteiger partial charge in [0, 0.05) is 19.2 Å². The minimum atomic E-state index is -3.90. The first-order chi connectivity index (χ1) is 16.8. The molecular formula is C27H30N2O5S. The van der Waals surface area contributed by atoms with Crippen LogP contribution in [0.3, 0.4) is 0 Å². The van der Waals surface area contributed by atoms with E-state index in [1.807, 2.05) is 36.4 Å². The Morgan fingerprint density at radius 3 is 2.11 bits per heavy atom. The monoisotopic (exact) mass is 494 g/mol. The molecule has 0 unspecified atom stereocenters. The molecule has 35 heavy (non-hydrogen) atoms. The molecular weight excluding hydrogens is 464 g/mol. The number of ether oxygens (including phenoxy) is 1. The van der Waals surface area contributed by atoms with Crippen molar-refractivity contribution in [1.29, 1.82) is 0 Å². The molecule has 1 fully saturated rings. The summed E-state index contributed by atoms with van der Waals surface area (Å²) in [5.74, 6) is -0.303. The molecule has 4 atom stereocenters. The molecule has 1 aliphatic heterocycles. The third kappa shape index (κ3) is 5.31. The molecule has 3 aromatic carbocycles. The molecule has 0 saturated carbocycles. The smallest absolute Gasteiger partial charge is 0.253 e. The largest absolute Gasteiger partial charge is 0.388 e. The highest BCUT2D eigenvalue weighted by Gasteiger charge is 2.48. The summed E-state index contributed by atoms with van der Waals surface area (Å²) in [7, 11) is -2.32. The average molecular weight is 495 g/mol. The Morgan fingerprint density at radius 1 is 0.971 bits per heavy atom. The lowest BCUT2D eigenvalue weighted by atomic mass is 9.93. The summed E-state index contributed by atoms with van der Waals surface area (Å²) in [5, 5.41) is 11.4. The molecule has 0 bridgehead atoms. The van der Waals surface area contributed by atoms with Gasteiger partial charge >= 0.3 is 0 Å². The number of amides is 1. The quantitative estimate of drug-likeness (QED) is 0.545. The maximum Gasteiger partial charge on any atom is 0.253 e. The van der Waals surface area contributed by atoms with Gasteiger partial charge in [-0.15, -0.1) is 0 Å². The van der Waals surface area contributed by atoms with E-state index in [4.69, 9.17) is 4.74 Å². The number of nitrogens with zero attached hydrogens (tertiary/aromatic N) is 2. The number of carbonyl (C=O) groups is 1. The van der Waals surface area contributed by atoms with E-state index < -0.39 is 34.3 Å². The SMILES string of the molecule is C[C@H]1[C@@H](OCc2ccccc2)[C@@H](O)[C@@H](N(C)C(=O)c2ccccc2)CN1S(=O)(=O)c1ccccc1. The molecule has 1 heterocycles. The van der Waals surface area contributed by atoms with Crippen LogP contribution in [0.4, 0.5) is 0 Å². The van der Waals surface area contributed by atoms with Gasteiger partial charge in [-0.3, -0.25) is 4.79 Å². The first-order valence-electron chi connectivity index (χ1n) is 11.5. The standard InChI is InChI=1S/C27H30N2O5S/c1-20-26(34-19-21-12-6-3-7-13-21)25(30)24(28(2)27(31)22-14-8-4-9-15-22)18-29(20)35(32,33)23-16-10-5-11-17-23/h3-17,20,24-26,30H,18-19H2,1-2H3/t20-,24-,25-,26+/m0/s1. The van der Waals surface area contributed by atoms with Crippen LogP contribution in [0.1, 0.15) is 22.8 Å². The highest BCUT2D eigenvalue weighted by atomic mass is 32.2. The number of rotatable bonds is 7. The highest BCUT2D eigenvalue weighted by molar-refractivity contribution is 7.89. The van der Waals surface area contributed by atoms with Gasteiger partial charge in [-0.05, 0) is 36.8 Å². The summed E-state index contributed by atoms with van der Waals surface area (Å²) in [6, 6.07) is 24.9. The number of piperidine rings is 1. The number of hydrogen-bond acceptors (Lipinski definition) is 5. The number of hydrogen-bond donors (Lipinski definition) is 1. The molecule has 0 aromatic heterocycles. The summed E-state index contributed by atoms with van der Waals surface area (Å²) in [6.45, 7) is 1.88. The molecule has 7 nitrogen and oxygen atoms in total. The molecule has 0 aliphatic carbocycles. The fraction of sp³-hybridized carbons (Fsp3) is 0.296. The first kappa shape index (κ1) is 25.1. The molecule has 1 amide bonds. The van der Waals surface area contributed by atoms with Gasteiger partial charge in [0.15, 0.2) is 0 Å². The van der Waals surface area contributed by atoms with Crippen LogP contribution < -0.4 is 0 Å². The Labute approximate surface area is 206 Å². The van der Waals surface area contributed by atoms with Crippen molar-refractivity contribution in [2.24, 2.45) is 0 Å². The summed E-state index contributed by atoms with van der Waals surface area (Å²) >= 11 is 0. The van der Waals surface area contributed by atoms with E-state index in [9.17, 15) is 18.3 Å². The van der Waals surface area contributed by atoms with Crippen LogP contribution in [0.25, 0.3) is 0 Å². The van der Waals surface area contributed by atoms with E-state index in [-0.39, 0.29) is 24.0 Å². The minimum Gasteiger partial charge on any atom is -0.388 e. The molecule has 1 aliphatic rings. The lowest BCUT2D eigenvalue weighted by molar-refractivity contribution is -0.122. The van der Waals surface area contributed by atoms with E-state index in [1.165, 1.54) is 9.21 Å². The minimum absolute atomic E-state index is 0.0557. The predicted molar refractivity (Wildman–Crippen MR) is 133 cm³/mol. The van der Waals surface area contributed by atoms with Gasteiger partial charge in [0.2, 0.25) is 10.0 Å². The number of benzene rings is 3. The first-order valence-corrected chi connectivity index (χ1v) is 13.0. The van der Waals surface area contributed by atoms with Gasteiger partial charge < -0.3 is 14.7 Å². The van der Waals surface area contributed by atoms with Gasteiger partial charge in [0.25, 0.3) is 5.91 Å². The van der Waals surface area contributed by atoms with Crippen molar-refractivity contribution in [3.8, 4) is 0 Å². The Kier molecular flexibility index (Phi) is 7.66. The van der Waals surface area contributed by atoms with Crippen molar-refractivity contribution >= 4 is 15.9 Å². The molecule has 8 heteroatoms. The highest BCUT2D eigenvalue weighted by Crippen LogP contribution is 2.30. The lowest BCUT2D eigenvalue weighted by Crippen LogP contribution is -2.66. The molecule has 0 spiro atoms. The second-order valence-corrected chi connectivity index (χ2v) is 10.6. The number of carbonyl (C=O) groups excluding carboxylic acids is 1. The predicted octanol–water partition coefficient (Wildman–Crippen LogP) is 3.17. The van der Waals surface area contributed by atoms with Crippen LogP contribution in [0.5, 0.6) is 0 Å². The van der Waals surface area contributed by atoms with Crippen molar-refractivity contribution in [2.75, 3.05) is 13.6 Å². The van der Waals surface area contributed by atoms with Crippen molar-refractivity contribution in [3.63, 3.8) is 0 Å². The van der Waals surface area contributed by atoms with Crippen molar-refractivity contribution in [3.05, 3.63) is 102 Å². The maximum atomic E-state index is 13.6. The van der Waals surface area contributed by atoms with E-state index in [1.54, 1.807) is 68.6 Å². The van der Waals surface area contributed by atoms with Gasteiger partial charge in [0.1, 0.15) is 12.2 Å². The summed E-state index contributed by atoms with van der Waals surface area (Å²) < 4.78 is 34.7. The van der Waals surface area contributed by atoms with Crippen molar-refractivity contribution in [1.82, 2.24) is 9.21 Å². The zero-order valence-electron chi connectivity index (χ0n) is 19.8. The van der Waals surface area contributed by atoms with Crippen LogP contribution in [0, 0.1) is 0 Å². The van der Waals surface area contributed by atoms with Gasteiger partial charge in [-0.1, -0.05) is 66.7 Å². The van der Waals surface area contributed by atoms with Crippen molar-refractivity contribution in [2.45, 2.75) is 42.7 Å². The number of likely N-dealkylation sites (N-methyl/N-ethyl adjacent to an activating group) is 1. The van der Waals surface area contributed by atoms with Crippen LogP contribution >= 0.6 is 0 Å². The summed E-state index contributed by atoms with van der Waals surface area (Å²) in [4.78, 5) is 14.8.